The minimum atomic E-state index is -0.116. The predicted molar refractivity (Wildman–Crippen MR) is 114 cm³/mol. The molecule has 1 N–H and O–H groups in total. The maximum Gasteiger partial charge on any atom is 0.255 e. The van der Waals surface area contributed by atoms with Crippen molar-refractivity contribution in [3.63, 3.8) is 0 Å². The number of nitrogens with zero attached hydrogens (tertiary/aromatic N) is 3. The van der Waals surface area contributed by atoms with Crippen LogP contribution in [0.4, 0.5) is 5.69 Å². The summed E-state index contributed by atoms with van der Waals surface area (Å²) in [5, 5.41) is 2.97. The molecule has 4 aromatic rings. The van der Waals surface area contributed by atoms with Crippen LogP contribution in [-0.4, -0.2) is 20.0 Å². The summed E-state index contributed by atoms with van der Waals surface area (Å²) in [7, 11) is 0. The Morgan fingerprint density at radius 1 is 0.931 bits per heavy atom. The van der Waals surface area contributed by atoms with E-state index in [0.29, 0.717) is 5.56 Å². The topological polar surface area (TPSA) is 51.9 Å². The molecule has 0 atom stereocenters. The molecule has 29 heavy (non-hydrogen) atoms. The lowest BCUT2D eigenvalue weighted by Crippen LogP contribution is -2.12. The number of hydrogen-bond acceptors (Lipinski definition) is 2. The molecule has 1 amide bonds. The molecule has 144 valence electrons. The third kappa shape index (κ3) is 3.47. The number of benzene rings is 2. The number of rotatable bonds is 4. The molecule has 0 radical (unpaired) electrons. The van der Waals surface area contributed by atoms with Crippen LogP contribution in [0.5, 0.6) is 0 Å². The van der Waals surface area contributed by atoms with Gasteiger partial charge in [-0.1, -0.05) is 0 Å². The lowest BCUT2D eigenvalue weighted by molar-refractivity contribution is 0.102. The number of nitrogens with one attached hydrogen (secondary N) is 1. The van der Waals surface area contributed by atoms with Gasteiger partial charge in [0.25, 0.3) is 5.91 Å². The van der Waals surface area contributed by atoms with E-state index in [-0.39, 0.29) is 5.91 Å². The third-order valence-electron chi connectivity index (χ3n) is 5.44. The fraction of sp³-hybridized carbons (Fsp3) is 0.167. The predicted octanol–water partition coefficient (Wildman–Crippen LogP) is 4.93. The van der Waals surface area contributed by atoms with Crippen molar-refractivity contribution >= 4 is 11.6 Å². The molecular weight excluding hydrogens is 360 g/mol. The summed E-state index contributed by atoms with van der Waals surface area (Å²) in [6.45, 7) is 1.03. The van der Waals surface area contributed by atoms with Gasteiger partial charge in [-0.25, -0.2) is 4.98 Å². The average Bonchev–Trinajstić information content (AvgIpc) is 3.45. The minimum absolute atomic E-state index is 0.116. The molecule has 0 saturated heterocycles. The third-order valence-corrected chi connectivity index (χ3v) is 5.44. The lowest BCUT2D eigenvalue weighted by Gasteiger charge is -2.16. The first-order valence-electron chi connectivity index (χ1n) is 9.97. The van der Waals surface area contributed by atoms with Crippen molar-refractivity contribution in [2.24, 2.45) is 0 Å². The second-order valence-electron chi connectivity index (χ2n) is 7.35. The summed E-state index contributed by atoms with van der Waals surface area (Å²) in [6, 6.07) is 19.4. The highest BCUT2D eigenvalue weighted by Crippen LogP contribution is 2.25. The standard InChI is InChI=1S/C24H22N4O/c29-24(19-8-12-21(13-9-19)27-14-3-4-15-27)26-20-10-6-18(7-11-20)23-25-17-22-5-1-2-16-28(22)23/h3-4,6-15,17H,1-2,5,16H2,(H,26,29). The van der Waals surface area contributed by atoms with E-state index in [9.17, 15) is 4.79 Å². The molecule has 0 spiro atoms. The van der Waals surface area contributed by atoms with Crippen LogP contribution >= 0.6 is 0 Å². The second kappa shape index (κ2) is 7.43. The Morgan fingerprint density at radius 3 is 2.45 bits per heavy atom. The van der Waals surface area contributed by atoms with Crippen molar-refractivity contribution in [3.8, 4) is 17.1 Å². The SMILES string of the molecule is O=C(Nc1ccc(-c2ncc3n2CCCC3)cc1)c1ccc(-n2cccc2)cc1. The van der Waals surface area contributed by atoms with Crippen molar-refractivity contribution in [2.45, 2.75) is 25.8 Å². The summed E-state index contributed by atoms with van der Waals surface area (Å²) in [5.74, 6) is 0.896. The molecule has 3 heterocycles. The molecule has 0 fully saturated rings. The highest BCUT2D eigenvalue weighted by Gasteiger charge is 2.15. The number of anilines is 1. The normalized spacial score (nSPS) is 13.1. The number of aryl methyl sites for hydroxylation is 1. The Morgan fingerprint density at radius 2 is 1.69 bits per heavy atom. The van der Waals surface area contributed by atoms with Crippen molar-refractivity contribution < 1.29 is 4.79 Å². The number of fused-ring (bicyclic) bond motifs is 1. The minimum Gasteiger partial charge on any atom is -0.328 e. The molecule has 2 aromatic heterocycles. The Kier molecular flexibility index (Phi) is 4.48. The van der Waals surface area contributed by atoms with Gasteiger partial charge in [0.1, 0.15) is 5.82 Å². The Balaban J connectivity index is 1.29. The number of amides is 1. The molecule has 0 saturated carbocycles. The Labute approximate surface area is 169 Å². The largest absolute Gasteiger partial charge is 0.328 e. The first kappa shape index (κ1) is 17.5. The van der Waals surface area contributed by atoms with Gasteiger partial charge in [-0.3, -0.25) is 4.79 Å². The van der Waals surface area contributed by atoms with Crippen molar-refractivity contribution in [3.05, 3.63) is 90.5 Å². The highest BCUT2D eigenvalue weighted by molar-refractivity contribution is 6.04. The van der Waals surface area contributed by atoms with E-state index >= 15 is 0 Å². The van der Waals surface area contributed by atoms with Crippen molar-refractivity contribution in [1.82, 2.24) is 14.1 Å². The molecule has 1 aliphatic rings. The number of carbonyl (C=O) groups is 1. The molecule has 5 nitrogen and oxygen atoms in total. The second-order valence-corrected chi connectivity index (χ2v) is 7.35. The smallest absolute Gasteiger partial charge is 0.255 e. The molecule has 2 aromatic carbocycles. The zero-order valence-corrected chi connectivity index (χ0v) is 16.1. The van der Waals surface area contributed by atoms with E-state index < -0.39 is 0 Å². The van der Waals surface area contributed by atoms with Crippen LogP contribution in [0.25, 0.3) is 17.1 Å². The fourth-order valence-electron chi connectivity index (χ4n) is 3.86. The first-order chi connectivity index (χ1) is 14.3. The number of carbonyl (C=O) groups excluding carboxylic acids is 1. The molecule has 5 heteroatoms. The van der Waals surface area contributed by atoms with Crippen LogP contribution in [0.2, 0.25) is 0 Å². The van der Waals surface area contributed by atoms with Crippen LogP contribution in [0.3, 0.4) is 0 Å². The van der Waals surface area contributed by atoms with Gasteiger partial charge in [-0.05, 0) is 79.9 Å². The summed E-state index contributed by atoms with van der Waals surface area (Å²) < 4.78 is 4.32. The van der Waals surface area contributed by atoms with E-state index in [4.69, 9.17) is 0 Å². The summed E-state index contributed by atoms with van der Waals surface area (Å²) in [5.41, 5.74) is 4.82. The van der Waals surface area contributed by atoms with Gasteiger partial charge in [0.15, 0.2) is 0 Å². The van der Waals surface area contributed by atoms with E-state index in [0.717, 1.165) is 35.7 Å². The van der Waals surface area contributed by atoms with Crippen LogP contribution in [0, 0.1) is 0 Å². The quantitative estimate of drug-likeness (QED) is 0.544. The van der Waals surface area contributed by atoms with E-state index in [2.05, 4.69) is 14.9 Å². The zero-order valence-electron chi connectivity index (χ0n) is 16.1. The van der Waals surface area contributed by atoms with Crippen molar-refractivity contribution in [1.29, 1.82) is 0 Å². The molecular formula is C24H22N4O. The zero-order chi connectivity index (χ0) is 19.6. The van der Waals surface area contributed by atoms with Crippen molar-refractivity contribution in [2.75, 3.05) is 5.32 Å². The lowest BCUT2D eigenvalue weighted by atomic mass is 10.1. The van der Waals surface area contributed by atoms with Crippen LogP contribution in [-0.2, 0) is 13.0 Å². The van der Waals surface area contributed by atoms with Gasteiger partial charge in [-0.15, -0.1) is 0 Å². The Hall–Kier alpha value is -3.60. The number of imidazole rings is 1. The van der Waals surface area contributed by atoms with E-state index in [1.165, 1.54) is 18.5 Å². The molecule has 0 bridgehead atoms. The monoisotopic (exact) mass is 382 g/mol. The maximum atomic E-state index is 12.6. The van der Waals surface area contributed by atoms with E-state index in [1.807, 2.05) is 83.8 Å². The molecule has 0 unspecified atom stereocenters. The average molecular weight is 382 g/mol. The maximum absolute atomic E-state index is 12.6. The van der Waals surface area contributed by atoms with Gasteiger partial charge >= 0.3 is 0 Å². The molecule has 5 rings (SSSR count). The van der Waals surface area contributed by atoms with Gasteiger partial charge in [0.05, 0.1) is 0 Å². The fourth-order valence-corrected chi connectivity index (χ4v) is 3.86. The Bertz CT molecular complexity index is 1120. The van der Waals surface area contributed by atoms with Gasteiger partial charge in [0, 0.05) is 53.3 Å². The molecule has 0 aliphatic carbocycles. The number of aromatic nitrogens is 3. The van der Waals surface area contributed by atoms with E-state index in [1.54, 1.807) is 0 Å². The summed E-state index contributed by atoms with van der Waals surface area (Å²) in [6.07, 6.45) is 9.49. The number of hydrogen-bond donors (Lipinski definition) is 1. The first-order valence-corrected chi connectivity index (χ1v) is 9.97. The van der Waals surface area contributed by atoms with Crippen LogP contribution in [0.15, 0.2) is 79.3 Å². The highest BCUT2D eigenvalue weighted by atomic mass is 16.1. The van der Waals surface area contributed by atoms with Crippen LogP contribution in [0.1, 0.15) is 28.9 Å². The summed E-state index contributed by atoms with van der Waals surface area (Å²) in [4.78, 5) is 17.2. The van der Waals surface area contributed by atoms with Gasteiger partial charge in [0.2, 0.25) is 0 Å². The summed E-state index contributed by atoms with van der Waals surface area (Å²) >= 11 is 0. The van der Waals surface area contributed by atoms with Gasteiger partial charge < -0.3 is 14.5 Å². The molecule has 1 aliphatic heterocycles. The van der Waals surface area contributed by atoms with Gasteiger partial charge in [-0.2, -0.15) is 0 Å². The van der Waals surface area contributed by atoms with Crippen LogP contribution < -0.4 is 5.32 Å².